The molecular weight excluding hydrogens is 1550 g/mol. The summed E-state index contributed by atoms with van der Waals surface area (Å²) in [6.07, 6.45) is 7.18. The number of carboxylic acids is 2. The maximum absolute atomic E-state index is 14.1. The number of benzene rings is 4. The van der Waals surface area contributed by atoms with Crippen molar-refractivity contribution < 1.29 is 92.0 Å². The van der Waals surface area contributed by atoms with Crippen molar-refractivity contribution in [3.8, 4) is 0 Å². The molecule has 0 unspecified atom stereocenters. The lowest BCUT2D eigenvalue weighted by molar-refractivity contribution is -0.139. The maximum atomic E-state index is 14.1. The van der Waals surface area contributed by atoms with Crippen molar-refractivity contribution in [1.82, 2.24) is 70.4 Å². The highest BCUT2D eigenvalue weighted by atomic mass is 32.3. The number of carboxylic acid groups (broad SMARTS) is 2. The summed E-state index contributed by atoms with van der Waals surface area (Å²) in [5.74, 6) is -11.7. The minimum atomic E-state index is -5.04. The highest BCUT2D eigenvalue weighted by molar-refractivity contribution is 8.19. The Bertz CT molecular complexity index is 5320. The summed E-state index contributed by atoms with van der Waals surface area (Å²) in [5.41, 5.74) is 8.19. The number of anilines is 2. The van der Waals surface area contributed by atoms with Crippen LogP contribution >= 0.6 is 10.9 Å². The largest absolute Gasteiger partial charge is 0.480 e. The van der Waals surface area contributed by atoms with E-state index in [2.05, 4.69) is 71.9 Å². The van der Waals surface area contributed by atoms with Crippen LogP contribution in [0.1, 0.15) is 90.9 Å². The van der Waals surface area contributed by atoms with Crippen LogP contribution in [0, 0.1) is 41.5 Å². The van der Waals surface area contributed by atoms with Gasteiger partial charge in [-0.3, -0.25) is 52.5 Å². The molecule has 4 heterocycles. The molecule has 6 amide bonds. The molecule has 5 atom stereocenters. The molecule has 0 aliphatic rings. The molecule has 39 nitrogen and oxygen atoms in total. The molecular formula is C69H87N17O22S4. The minimum Gasteiger partial charge on any atom is -0.480 e. The predicted octanol–water partition coefficient (Wildman–Crippen LogP) is 1.06. The van der Waals surface area contributed by atoms with Crippen molar-refractivity contribution in [2.24, 2.45) is 5.73 Å². The van der Waals surface area contributed by atoms with Crippen LogP contribution in [0.25, 0.3) is 21.8 Å². The third kappa shape index (κ3) is 23.8. The number of hydrogen-bond donors (Lipinski definition) is 19. The fourth-order valence-corrected chi connectivity index (χ4v) is 17.0. The van der Waals surface area contributed by atoms with E-state index in [0.29, 0.717) is 45.3 Å². The quantitative estimate of drug-likeness (QED) is 0.0189. The van der Waals surface area contributed by atoms with Crippen LogP contribution in [0.3, 0.4) is 0 Å². The number of carbonyl (C=O) groups excluding carboxylic acids is 6. The lowest BCUT2D eigenvalue weighted by Crippen LogP contribution is -2.54. The molecule has 0 radical (unpaired) electrons. The molecule has 4 aromatic carbocycles. The van der Waals surface area contributed by atoms with Crippen LogP contribution in [0.2, 0.25) is 0 Å². The van der Waals surface area contributed by atoms with Gasteiger partial charge in [0.15, 0.2) is 11.9 Å². The summed E-state index contributed by atoms with van der Waals surface area (Å²) in [6.45, 7) is 7.65. The molecule has 0 aliphatic heterocycles. The van der Waals surface area contributed by atoms with E-state index in [9.17, 15) is 102 Å². The zero-order chi connectivity index (χ0) is 82.3. The number of nitrogens with one attached hydrogen (secondary N) is 12. The van der Waals surface area contributed by atoms with Gasteiger partial charge in [-0.1, -0.05) is 47.5 Å². The molecule has 0 bridgehead atoms. The Balaban J connectivity index is 0.889. The normalized spacial score (nSPS) is 13.4. The number of H-pyrrole nitrogens is 2. The van der Waals surface area contributed by atoms with Gasteiger partial charge < -0.3 is 91.2 Å². The van der Waals surface area contributed by atoms with Crippen LogP contribution in [-0.4, -0.2) is 198 Å². The van der Waals surface area contributed by atoms with Crippen LogP contribution in [0.4, 0.5) is 11.9 Å². The van der Waals surface area contributed by atoms with Gasteiger partial charge in [-0.05, 0) is 118 Å². The fraction of sp³-hybridized carbons (Fsp3) is 0.362. The van der Waals surface area contributed by atoms with Crippen molar-refractivity contribution in [3.05, 3.63) is 174 Å². The number of imidazole rings is 2. The van der Waals surface area contributed by atoms with E-state index in [-0.39, 0.29) is 83.7 Å². The number of nitrogens with two attached hydrogens (primary N) is 1. The number of amides is 6. The van der Waals surface area contributed by atoms with Gasteiger partial charge in [0.25, 0.3) is 21.9 Å². The molecule has 0 saturated heterocycles. The number of fused-ring (bicyclic) bond motifs is 2. The Labute approximate surface area is 642 Å². The van der Waals surface area contributed by atoms with E-state index in [1.165, 1.54) is 53.7 Å². The first-order valence-electron chi connectivity index (χ1n) is 34.4. The average Bonchev–Trinajstić information content (AvgIpc) is 0.989. The Hall–Kier alpha value is -11.0. The monoisotopic (exact) mass is 1630 g/mol. The lowest BCUT2D eigenvalue weighted by Gasteiger charge is -2.26. The summed E-state index contributed by atoms with van der Waals surface area (Å²) < 4.78 is 126. The van der Waals surface area contributed by atoms with Gasteiger partial charge in [0.2, 0.25) is 54.5 Å². The number of rotatable bonds is 40. The second-order valence-electron chi connectivity index (χ2n) is 26.5. The van der Waals surface area contributed by atoms with Crippen LogP contribution in [0.5, 0.6) is 0 Å². The van der Waals surface area contributed by atoms with Gasteiger partial charge in [-0.25, -0.2) is 26.8 Å². The number of aromatic nitrogens is 6. The molecule has 43 heteroatoms. The third-order valence-electron chi connectivity index (χ3n) is 17.4. The molecule has 8 rings (SSSR count). The van der Waals surface area contributed by atoms with Gasteiger partial charge in [0.1, 0.15) is 41.0 Å². The van der Waals surface area contributed by atoms with E-state index < -0.39 is 178 Å². The Morgan fingerprint density at radius 2 is 0.929 bits per heavy atom. The Morgan fingerprint density at radius 1 is 0.527 bits per heavy atom. The number of carbonyl (C=O) groups is 8. The molecule has 4 aromatic heterocycles. The fourth-order valence-electron chi connectivity index (χ4n) is 12.4. The number of aryl methyl sites for hydroxylation is 8. The SMILES string of the molecule is Cc1cc(C)c(S(=O)(=O)N[C@@H](CNC(=O)c2cn(CCCNC(=O)[C@H](CS(O)(O)O)NC(=O)CC[C@H](N)C(=O)N[C@@H](CS(=O)(=O)O)C(=O)NCCCn3cc(C(=O)NC[C@H](NS(=O)(=O)c4c(C)cc(C)cc4C)C(=O)O)c(=O)c4ccc(CNc5ncc[nH]5)cc43)c3cc(CNc4ncc[nH]4)ccc3c2=O)C(=O)O)c(C)c1. The zero-order valence-electron chi connectivity index (χ0n) is 61.2. The van der Waals surface area contributed by atoms with Gasteiger partial charge in [0.05, 0.1) is 43.5 Å². The van der Waals surface area contributed by atoms with Crippen molar-refractivity contribution in [3.63, 3.8) is 0 Å². The Kier molecular flexibility index (Phi) is 28.9. The molecule has 0 fully saturated rings. The smallest absolute Gasteiger partial charge is 0.323 e. The number of aliphatic carboxylic acids is 2. The summed E-state index contributed by atoms with van der Waals surface area (Å²) in [5, 5.41) is 40.3. The predicted molar refractivity (Wildman–Crippen MR) is 411 cm³/mol. The summed E-state index contributed by atoms with van der Waals surface area (Å²) in [7, 11) is -18.5. The van der Waals surface area contributed by atoms with Gasteiger partial charge in [0, 0.05) is 107 Å². The number of nitrogens with zero attached hydrogens (tertiary/aromatic N) is 4. The molecule has 0 spiro atoms. The molecule has 8 aromatic rings. The van der Waals surface area contributed by atoms with Gasteiger partial charge in [-0.2, -0.15) is 17.9 Å². The Morgan fingerprint density at radius 3 is 1.29 bits per heavy atom. The van der Waals surface area contributed by atoms with E-state index in [4.69, 9.17) is 5.73 Å². The van der Waals surface area contributed by atoms with Crippen LogP contribution in [-0.2, 0) is 85.1 Å². The van der Waals surface area contributed by atoms with Crippen LogP contribution < -0.4 is 68.6 Å². The number of aromatic amines is 2. The third-order valence-corrected chi connectivity index (χ3v) is 22.5. The summed E-state index contributed by atoms with van der Waals surface area (Å²) in [4.78, 5) is 149. The minimum absolute atomic E-state index is 0.00330. The topological polar surface area (TPSA) is 608 Å². The molecule has 0 aliphatic carbocycles. The standard InChI is InChI=1S/C69H87N17O22S4/c1-37-23-39(3)59(40(4)24-37)111(105,106)83-50(66(95)96)31-77-61(90)47-33-85(54-27-43(9-11-45(54)57(47)88)29-79-68-73-17-18-74-68)21-7-15-71-64(93)52(35-109(99,100)101)81-56(87)14-13-49(70)63(92)82-53(36-110(102,103)104)65(94)72-16-8-22-86-34-48(58(89)46-12-10-44(28-55(46)86)30-80-69-75-19-20-76-69)62(91)78-32-51(67(97)98)84-112(107,108)60-41(5)25-38(2)26-42(60)6/h9-12,17-20,23-28,33-34,49-53,83-84,99-101H,7-8,13-16,21-22,29-32,35-36,70H2,1-6H3,(H,71,93)(H,72,94)(H,77,90)(H,78,91)(H,81,87)(H,82,92)(H,95,96)(H,97,98)(H2,73,74,79)(H2,75,76,80)(H,102,103,104)/t49-,50-,51-,52-,53-/m0/s1. The lowest BCUT2D eigenvalue weighted by atomic mass is 10.1. The summed E-state index contributed by atoms with van der Waals surface area (Å²) >= 11 is 0. The van der Waals surface area contributed by atoms with E-state index in [0.717, 1.165) is 17.3 Å². The average molecular weight is 1630 g/mol. The molecule has 112 heavy (non-hydrogen) atoms. The summed E-state index contributed by atoms with van der Waals surface area (Å²) in [6, 6.07) is 6.31. The molecule has 604 valence electrons. The van der Waals surface area contributed by atoms with Gasteiger partial charge >= 0.3 is 11.9 Å². The van der Waals surface area contributed by atoms with E-state index >= 15 is 0 Å². The highest BCUT2D eigenvalue weighted by Gasteiger charge is 2.34. The zero-order valence-corrected chi connectivity index (χ0v) is 64.5. The highest BCUT2D eigenvalue weighted by Crippen LogP contribution is 2.33. The first-order chi connectivity index (χ1) is 52.6. The van der Waals surface area contributed by atoms with Crippen LogP contribution in [0.15, 0.2) is 117 Å². The van der Waals surface area contributed by atoms with E-state index in [1.54, 1.807) is 88.6 Å². The second kappa shape index (κ2) is 37.3. The number of hydrogen-bond acceptors (Lipinski definition) is 24. The van der Waals surface area contributed by atoms with Crippen molar-refractivity contribution in [1.29, 1.82) is 0 Å². The first kappa shape index (κ1) is 86.6. The van der Waals surface area contributed by atoms with Crippen molar-refractivity contribution in [2.45, 2.75) is 133 Å². The number of pyridine rings is 2. The first-order valence-corrected chi connectivity index (χ1v) is 40.7. The van der Waals surface area contributed by atoms with Gasteiger partial charge in [-0.15, -0.1) is 0 Å². The number of sulfonamides is 2. The van der Waals surface area contributed by atoms with Crippen molar-refractivity contribution in [2.75, 3.05) is 48.3 Å². The van der Waals surface area contributed by atoms with E-state index in [1.807, 2.05) is 0 Å². The maximum Gasteiger partial charge on any atom is 0.323 e. The second-order valence-corrected chi connectivity index (χ2v) is 32.9. The molecule has 0 saturated carbocycles. The van der Waals surface area contributed by atoms with Crippen molar-refractivity contribution >= 4 is 122 Å². The molecule has 20 N–H and O–H groups in total.